The molecule has 0 radical (unpaired) electrons. The van der Waals surface area contributed by atoms with E-state index in [4.69, 9.17) is 21.3 Å². The molecule has 1 aliphatic rings. The van der Waals surface area contributed by atoms with E-state index in [-0.39, 0.29) is 6.10 Å². The van der Waals surface area contributed by atoms with Gasteiger partial charge >= 0.3 is 0 Å². The third-order valence-corrected chi connectivity index (χ3v) is 4.72. The van der Waals surface area contributed by atoms with Gasteiger partial charge in [-0.25, -0.2) is 4.98 Å². The summed E-state index contributed by atoms with van der Waals surface area (Å²) in [5, 5.41) is 5.02. The molecule has 0 fully saturated rings. The Balaban J connectivity index is 1.80. The summed E-state index contributed by atoms with van der Waals surface area (Å²) in [7, 11) is 0. The normalized spacial score (nSPS) is 17.8. The van der Waals surface area contributed by atoms with Gasteiger partial charge in [0.1, 0.15) is 0 Å². The highest BCUT2D eigenvalue weighted by atomic mass is 35.5. The molecule has 0 spiro atoms. The topological polar surface area (TPSA) is 34.1 Å². The third kappa shape index (κ3) is 2.97. The van der Waals surface area contributed by atoms with Crippen LogP contribution < -0.4 is 5.32 Å². The second-order valence-corrected chi connectivity index (χ2v) is 6.27. The van der Waals surface area contributed by atoms with Crippen molar-refractivity contribution in [1.82, 2.24) is 4.98 Å². The summed E-state index contributed by atoms with van der Waals surface area (Å²) in [6.07, 6.45) is 3.53. The van der Waals surface area contributed by atoms with Gasteiger partial charge in [0.25, 0.3) is 0 Å². The minimum absolute atomic E-state index is 0.224. The van der Waals surface area contributed by atoms with Gasteiger partial charge in [-0.1, -0.05) is 22.9 Å². The van der Waals surface area contributed by atoms with Crippen LogP contribution in [0.15, 0.2) is 24.3 Å². The number of hydrogen-bond acceptors (Lipinski definition) is 4. The first kappa shape index (κ1) is 13.9. The molecule has 0 saturated heterocycles. The second kappa shape index (κ2) is 6.12. The number of anilines is 2. The van der Waals surface area contributed by atoms with E-state index in [9.17, 15) is 0 Å². The van der Waals surface area contributed by atoms with E-state index in [0.717, 1.165) is 41.7 Å². The Kier molecular flexibility index (Phi) is 4.24. The third-order valence-electron chi connectivity index (χ3n) is 3.36. The van der Waals surface area contributed by atoms with Crippen LogP contribution in [0.4, 0.5) is 10.8 Å². The SMILES string of the molecule is CCOC1CCCc2nc(Nc3ccc(Cl)cc3)sc21. The molecule has 0 aliphatic heterocycles. The van der Waals surface area contributed by atoms with Crippen LogP contribution in [0.25, 0.3) is 0 Å². The summed E-state index contributed by atoms with van der Waals surface area (Å²) in [5.41, 5.74) is 2.20. The lowest BCUT2D eigenvalue weighted by Crippen LogP contribution is -2.10. The van der Waals surface area contributed by atoms with Gasteiger partial charge in [-0.3, -0.25) is 0 Å². The van der Waals surface area contributed by atoms with E-state index in [1.807, 2.05) is 31.2 Å². The molecule has 1 unspecified atom stereocenters. The zero-order chi connectivity index (χ0) is 13.9. The molecule has 1 aliphatic carbocycles. The number of nitrogens with zero attached hydrogens (tertiary/aromatic N) is 1. The lowest BCUT2D eigenvalue weighted by Gasteiger charge is -2.20. The van der Waals surface area contributed by atoms with E-state index in [1.165, 1.54) is 10.6 Å². The number of thiazole rings is 1. The number of ether oxygens (including phenoxy) is 1. The number of aromatic nitrogens is 1. The van der Waals surface area contributed by atoms with Gasteiger partial charge in [0.2, 0.25) is 0 Å². The molecule has 0 saturated carbocycles. The Bertz CT molecular complexity index is 582. The second-order valence-electron chi connectivity index (χ2n) is 4.80. The average Bonchev–Trinajstić information content (AvgIpc) is 2.85. The van der Waals surface area contributed by atoms with Crippen molar-refractivity contribution in [3.05, 3.63) is 39.9 Å². The van der Waals surface area contributed by atoms with Crippen molar-refractivity contribution in [3.63, 3.8) is 0 Å². The fraction of sp³-hybridized carbons (Fsp3) is 0.400. The first-order chi connectivity index (χ1) is 9.76. The molecule has 3 nitrogen and oxygen atoms in total. The maximum absolute atomic E-state index is 5.89. The average molecular weight is 309 g/mol. The summed E-state index contributed by atoms with van der Waals surface area (Å²) >= 11 is 7.60. The van der Waals surface area contributed by atoms with Gasteiger partial charge in [0, 0.05) is 17.3 Å². The molecule has 1 aromatic carbocycles. The van der Waals surface area contributed by atoms with Crippen molar-refractivity contribution in [2.24, 2.45) is 0 Å². The summed E-state index contributed by atoms with van der Waals surface area (Å²) < 4.78 is 5.81. The molecule has 1 aromatic heterocycles. The van der Waals surface area contributed by atoms with Crippen LogP contribution >= 0.6 is 22.9 Å². The van der Waals surface area contributed by atoms with Crippen molar-refractivity contribution in [1.29, 1.82) is 0 Å². The van der Waals surface area contributed by atoms with E-state index in [1.54, 1.807) is 11.3 Å². The molecular formula is C15H17ClN2OS. The quantitative estimate of drug-likeness (QED) is 0.867. The largest absolute Gasteiger partial charge is 0.373 e. The first-order valence-electron chi connectivity index (χ1n) is 6.90. The van der Waals surface area contributed by atoms with Gasteiger partial charge in [-0.15, -0.1) is 0 Å². The van der Waals surface area contributed by atoms with E-state index < -0.39 is 0 Å². The van der Waals surface area contributed by atoms with E-state index >= 15 is 0 Å². The van der Waals surface area contributed by atoms with Crippen molar-refractivity contribution in [3.8, 4) is 0 Å². The van der Waals surface area contributed by atoms with Crippen molar-refractivity contribution >= 4 is 33.8 Å². The molecule has 20 heavy (non-hydrogen) atoms. The zero-order valence-corrected chi connectivity index (χ0v) is 12.9. The molecule has 3 rings (SSSR count). The van der Waals surface area contributed by atoms with Gasteiger partial charge < -0.3 is 10.1 Å². The number of hydrogen-bond donors (Lipinski definition) is 1. The smallest absolute Gasteiger partial charge is 0.187 e. The van der Waals surface area contributed by atoms with Crippen LogP contribution in [0.1, 0.15) is 36.4 Å². The maximum atomic E-state index is 5.89. The Morgan fingerprint density at radius 2 is 2.20 bits per heavy atom. The van der Waals surface area contributed by atoms with Crippen LogP contribution in [-0.4, -0.2) is 11.6 Å². The Morgan fingerprint density at radius 1 is 1.40 bits per heavy atom. The monoisotopic (exact) mass is 308 g/mol. The highest BCUT2D eigenvalue weighted by Crippen LogP contribution is 2.39. The van der Waals surface area contributed by atoms with Crippen LogP contribution in [0.2, 0.25) is 5.02 Å². The maximum Gasteiger partial charge on any atom is 0.187 e. The fourth-order valence-electron chi connectivity index (χ4n) is 2.45. The standard InChI is InChI=1S/C15H17ClN2OS/c1-2-19-13-5-3-4-12-14(13)20-15(18-12)17-11-8-6-10(16)7-9-11/h6-9,13H,2-5H2,1H3,(H,17,18). The number of benzene rings is 1. The van der Waals surface area contributed by atoms with Crippen LogP contribution in [0.5, 0.6) is 0 Å². The number of halogens is 1. The first-order valence-corrected chi connectivity index (χ1v) is 8.09. The summed E-state index contributed by atoms with van der Waals surface area (Å²) in [5.74, 6) is 0. The number of nitrogens with one attached hydrogen (secondary N) is 1. The van der Waals surface area contributed by atoms with Gasteiger partial charge in [-0.2, -0.15) is 0 Å². The predicted octanol–water partition coefficient (Wildman–Crippen LogP) is 4.95. The van der Waals surface area contributed by atoms with Gasteiger partial charge in [0.15, 0.2) is 5.13 Å². The Labute approximate surface area is 127 Å². The lowest BCUT2D eigenvalue weighted by atomic mass is 10.0. The lowest BCUT2D eigenvalue weighted by molar-refractivity contribution is 0.0524. The molecule has 1 heterocycles. The molecule has 1 atom stereocenters. The minimum atomic E-state index is 0.224. The molecule has 1 N–H and O–H groups in total. The molecule has 0 bridgehead atoms. The molecule has 106 valence electrons. The zero-order valence-electron chi connectivity index (χ0n) is 11.4. The molecular weight excluding hydrogens is 292 g/mol. The van der Waals surface area contributed by atoms with Crippen molar-refractivity contribution in [2.45, 2.75) is 32.3 Å². The number of rotatable bonds is 4. The summed E-state index contributed by atoms with van der Waals surface area (Å²) in [6.45, 7) is 2.80. The van der Waals surface area contributed by atoms with Gasteiger partial charge in [0.05, 0.1) is 16.7 Å². The van der Waals surface area contributed by atoms with Crippen LogP contribution in [0, 0.1) is 0 Å². The summed E-state index contributed by atoms with van der Waals surface area (Å²) in [6, 6.07) is 7.67. The van der Waals surface area contributed by atoms with Crippen molar-refractivity contribution in [2.75, 3.05) is 11.9 Å². The molecule has 2 aromatic rings. The van der Waals surface area contributed by atoms with Crippen LogP contribution in [-0.2, 0) is 11.2 Å². The van der Waals surface area contributed by atoms with E-state index in [2.05, 4.69) is 5.32 Å². The van der Waals surface area contributed by atoms with E-state index in [0.29, 0.717) is 0 Å². The highest BCUT2D eigenvalue weighted by molar-refractivity contribution is 7.15. The molecule has 0 amide bonds. The number of aryl methyl sites for hydroxylation is 1. The van der Waals surface area contributed by atoms with Crippen molar-refractivity contribution < 1.29 is 4.74 Å². The molecule has 5 heteroatoms. The Morgan fingerprint density at radius 3 is 2.95 bits per heavy atom. The highest BCUT2D eigenvalue weighted by Gasteiger charge is 2.24. The number of fused-ring (bicyclic) bond motifs is 1. The fourth-order valence-corrected chi connectivity index (χ4v) is 3.69. The van der Waals surface area contributed by atoms with Gasteiger partial charge in [-0.05, 0) is 50.5 Å². The van der Waals surface area contributed by atoms with Crippen LogP contribution in [0.3, 0.4) is 0 Å². The predicted molar refractivity (Wildman–Crippen MR) is 84.2 cm³/mol. The minimum Gasteiger partial charge on any atom is -0.373 e. The summed E-state index contributed by atoms with van der Waals surface area (Å²) in [4.78, 5) is 5.98. The Hall–Kier alpha value is -1.10.